The Bertz CT molecular complexity index is 983. The molecule has 5 nitrogen and oxygen atoms in total. The summed E-state index contributed by atoms with van der Waals surface area (Å²) < 4.78 is 19.4. The number of nitrogens with one attached hydrogen (secondary N) is 2. The summed E-state index contributed by atoms with van der Waals surface area (Å²) in [5, 5.41) is 6.33. The highest BCUT2D eigenvalue weighted by Gasteiger charge is 2.17. The molecule has 3 rings (SSSR count). The van der Waals surface area contributed by atoms with Crippen LogP contribution in [0.3, 0.4) is 0 Å². The standard InChI is InChI=1S/C20H18BrFN2O3/c1-12-16-11-14(21)4-7-17(16)27-19(12)20(26)24-9-8-23-18(25)10-13-2-5-15(22)6-3-13/h2-7,11H,8-10H2,1H3,(H,23,25)(H,24,26). The molecule has 1 heterocycles. The maximum atomic E-state index is 12.9. The number of aryl methyl sites for hydroxylation is 1. The highest BCUT2D eigenvalue weighted by atomic mass is 79.9. The van der Waals surface area contributed by atoms with E-state index in [1.807, 2.05) is 19.1 Å². The molecule has 0 aliphatic carbocycles. The number of hydrogen-bond acceptors (Lipinski definition) is 3. The van der Waals surface area contributed by atoms with Crippen molar-refractivity contribution in [2.75, 3.05) is 13.1 Å². The summed E-state index contributed by atoms with van der Waals surface area (Å²) in [6, 6.07) is 11.3. The largest absolute Gasteiger partial charge is 0.451 e. The van der Waals surface area contributed by atoms with E-state index in [4.69, 9.17) is 4.42 Å². The first-order valence-corrected chi connectivity index (χ1v) is 9.21. The summed E-state index contributed by atoms with van der Waals surface area (Å²) in [7, 11) is 0. The van der Waals surface area contributed by atoms with Crippen LogP contribution in [0, 0.1) is 12.7 Å². The van der Waals surface area contributed by atoms with Gasteiger partial charge in [-0.15, -0.1) is 0 Å². The SMILES string of the molecule is Cc1c(C(=O)NCCNC(=O)Cc2ccc(F)cc2)oc2ccc(Br)cc12. The van der Waals surface area contributed by atoms with Crippen LogP contribution in [0.15, 0.2) is 51.4 Å². The minimum absolute atomic E-state index is 0.159. The van der Waals surface area contributed by atoms with Gasteiger partial charge in [-0.1, -0.05) is 28.1 Å². The van der Waals surface area contributed by atoms with Gasteiger partial charge in [0.15, 0.2) is 5.76 Å². The van der Waals surface area contributed by atoms with Gasteiger partial charge in [0.25, 0.3) is 5.91 Å². The van der Waals surface area contributed by atoms with Crippen LogP contribution in [0.5, 0.6) is 0 Å². The van der Waals surface area contributed by atoms with Gasteiger partial charge in [0.2, 0.25) is 5.91 Å². The van der Waals surface area contributed by atoms with Crippen molar-refractivity contribution in [1.82, 2.24) is 10.6 Å². The molecular formula is C20H18BrFN2O3. The van der Waals surface area contributed by atoms with Crippen molar-refractivity contribution in [2.24, 2.45) is 0 Å². The molecule has 3 aromatic rings. The minimum atomic E-state index is -0.338. The molecule has 7 heteroatoms. The van der Waals surface area contributed by atoms with Crippen LogP contribution in [0.25, 0.3) is 11.0 Å². The molecule has 0 bridgehead atoms. The first-order valence-electron chi connectivity index (χ1n) is 8.42. The summed E-state index contributed by atoms with van der Waals surface area (Å²) in [5.74, 6) is -0.593. The van der Waals surface area contributed by atoms with E-state index >= 15 is 0 Å². The molecular weight excluding hydrogens is 415 g/mol. The van der Waals surface area contributed by atoms with Gasteiger partial charge in [-0.2, -0.15) is 0 Å². The number of hydrogen-bond donors (Lipinski definition) is 2. The predicted molar refractivity (Wildman–Crippen MR) is 104 cm³/mol. The normalized spacial score (nSPS) is 10.8. The number of furan rings is 1. The molecule has 0 atom stereocenters. The number of carbonyl (C=O) groups excluding carboxylic acids is 2. The lowest BCUT2D eigenvalue weighted by Gasteiger charge is -2.07. The highest BCUT2D eigenvalue weighted by molar-refractivity contribution is 9.10. The lowest BCUT2D eigenvalue weighted by atomic mass is 10.1. The second-order valence-corrected chi connectivity index (χ2v) is 7.02. The minimum Gasteiger partial charge on any atom is -0.451 e. The van der Waals surface area contributed by atoms with Gasteiger partial charge in [-0.25, -0.2) is 4.39 Å². The number of halogens is 2. The third kappa shape index (κ3) is 4.74. The maximum Gasteiger partial charge on any atom is 0.287 e. The van der Waals surface area contributed by atoms with E-state index in [0.29, 0.717) is 5.58 Å². The Morgan fingerprint density at radius 3 is 2.52 bits per heavy atom. The molecule has 0 saturated heterocycles. The average molecular weight is 433 g/mol. The lowest BCUT2D eigenvalue weighted by Crippen LogP contribution is -2.35. The number of carbonyl (C=O) groups is 2. The zero-order valence-corrected chi connectivity index (χ0v) is 16.2. The van der Waals surface area contributed by atoms with E-state index in [2.05, 4.69) is 26.6 Å². The molecule has 2 aromatic carbocycles. The summed E-state index contributed by atoms with van der Waals surface area (Å²) in [5.41, 5.74) is 2.14. The molecule has 0 aliphatic heterocycles. The van der Waals surface area contributed by atoms with Crippen molar-refractivity contribution < 1.29 is 18.4 Å². The van der Waals surface area contributed by atoms with Crippen LogP contribution in [0.2, 0.25) is 0 Å². The highest BCUT2D eigenvalue weighted by Crippen LogP contribution is 2.27. The molecule has 0 fully saturated rings. The molecule has 0 aliphatic rings. The molecule has 27 heavy (non-hydrogen) atoms. The van der Waals surface area contributed by atoms with Gasteiger partial charge in [-0.3, -0.25) is 9.59 Å². The van der Waals surface area contributed by atoms with Crippen LogP contribution >= 0.6 is 15.9 Å². The van der Waals surface area contributed by atoms with Gasteiger partial charge < -0.3 is 15.1 Å². The summed E-state index contributed by atoms with van der Waals surface area (Å²) in [4.78, 5) is 24.2. The monoisotopic (exact) mass is 432 g/mol. The first-order chi connectivity index (χ1) is 12.9. The van der Waals surface area contributed by atoms with Crippen molar-refractivity contribution in [2.45, 2.75) is 13.3 Å². The predicted octanol–water partition coefficient (Wildman–Crippen LogP) is 3.73. The van der Waals surface area contributed by atoms with E-state index in [9.17, 15) is 14.0 Å². The Kier molecular flexibility index (Phi) is 5.91. The third-order valence-electron chi connectivity index (χ3n) is 4.12. The summed E-state index contributed by atoms with van der Waals surface area (Å²) in [6.45, 7) is 2.39. The molecule has 0 spiro atoms. The molecule has 140 valence electrons. The van der Waals surface area contributed by atoms with Crippen LogP contribution in [0.4, 0.5) is 4.39 Å². The third-order valence-corrected chi connectivity index (χ3v) is 4.61. The number of rotatable bonds is 6. The Morgan fingerprint density at radius 1 is 1.07 bits per heavy atom. The molecule has 2 N–H and O–H groups in total. The Labute approximate surface area is 164 Å². The second kappa shape index (κ2) is 8.35. The van der Waals surface area contributed by atoms with E-state index < -0.39 is 0 Å². The molecule has 0 saturated carbocycles. The van der Waals surface area contributed by atoms with Crippen LogP contribution in [0.1, 0.15) is 21.7 Å². The van der Waals surface area contributed by atoms with E-state index in [0.717, 1.165) is 21.0 Å². The Hall–Kier alpha value is -2.67. The fourth-order valence-corrected chi connectivity index (χ4v) is 3.08. The molecule has 0 unspecified atom stereocenters. The fraction of sp³-hybridized carbons (Fsp3) is 0.200. The van der Waals surface area contributed by atoms with E-state index in [-0.39, 0.29) is 42.9 Å². The quantitative estimate of drug-likeness (QED) is 0.582. The fourth-order valence-electron chi connectivity index (χ4n) is 2.72. The van der Waals surface area contributed by atoms with Crippen molar-refractivity contribution >= 4 is 38.7 Å². The van der Waals surface area contributed by atoms with E-state index in [1.54, 1.807) is 18.2 Å². The molecule has 0 radical (unpaired) electrons. The van der Waals surface area contributed by atoms with Gasteiger partial charge in [-0.05, 0) is 42.8 Å². The Morgan fingerprint density at radius 2 is 1.78 bits per heavy atom. The zero-order chi connectivity index (χ0) is 19.4. The van der Waals surface area contributed by atoms with Crippen molar-refractivity contribution in [3.8, 4) is 0 Å². The second-order valence-electron chi connectivity index (χ2n) is 6.11. The van der Waals surface area contributed by atoms with Gasteiger partial charge in [0, 0.05) is 28.5 Å². The number of fused-ring (bicyclic) bond motifs is 1. The van der Waals surface area contributed by atoms with Crippen molar-refractivity contribution in [1.29, 1.82) is 0 Å². The maximum absolute atomic E-state index is 12.9. The average Bonchev–Trinajstić information content (AvgIpc) is 2.97. The van der Waals surface area contributed by atoms with Crippen LogP contribution in [-0.4, -0.2) is 24.9 Å². The smallest absolute Gasteiger partial charge is 0.287 e. The van der Waals surface area contributed by atoms with Crippen LogP contribution < -0.4 is 10.6 Å². The van der Waals surface area contributed by atoms with Gasteiger partial charge >= 0.3 is 0 Å². The number of amides is 2. The van der Waals surface area contributed by atoms with Crippen molar-refractivity contribution in [3.63, 3.8) is 0 Å². The lowest BCUT2D eigenvalue weighted by molar-refractivity contribution is -0.120. The summed E-state index contributed by atoms with van der Waals surface area (Å²) >= 11 is 3.40. The van der Waals surface area contributed by atoms with Crippen molar-refractivity contribution in [3.05, 3.63) is 69.6 Å². The molecule has 2 amide bonds. The topological polar surface area (TPSA) is 71.3 Å². The summed E-state index contributed by atoms with van der Waals surface area (Å²) in [6.07, 6.45) is 0.159. The van der Waals surface area contributed by atoms with Gasteiger partial charge in [0.05, 0.1) is 6.42 Å². The van der Waals surface area contributed by atoms with E-state index in [1.165, 1.54) is 12.1 Å². The zero-order valence-electron chi connectivity index (χ0n) is 14.6. The molecule has 1 aromatic heterocycles. The van der Waals surface area contributed by atoms with Crippen LogP contribution in [-0.2, 0) is 11.2 Å². The first kappa shape index (κ1) is 19.1. The Balaban J connectivity index is 1.49. The van der Waals surface area contributed by atoms with Gasteiger partial charge in [0.1, 0.15) is 11.4 Å². The number of benzene rings is 2.